The summed E-state index contributed by atoms with van der Waals surface area (Å²) in [5, 5.41) is 2.68. The maximum Gasteiger partial charge on any atom is 0.344 e. The van der Waals surface area contributed by atoms with Crippen LogP contribution in [0.5, 0.6) is 0 Å². The van der Waals surface area contributed by atoms with E-state index < -0.39 is 6.03 Å². The summed E-state index contributed by atoms with van der Waals surface area (Å²) in [4.78, 5) is 14.6. The van der Waals surface area contributed by atoms with E-state index in [1.807, 2.05) is 0 Å². The summed E-state index contributed by atoms with van der Waals surface area (Å²) < 4.78 is 0. The van der Waals surface area contributed by atoms with E-state index in [-0.39, 0.29) is 5.96 Å². The van der Waals surface area contributed by atoms with Crippen LogP contribution in [-0.2, 0) is 0 Å². The van der Waals surface area contributed by atoms with Crippen molar-refractivity contribution in [2.75, 3.05) is 6.54 Å². The molecular weight excluding hydrogens is 312 g/mol. The van der Waals surface area contributed by atoms with Crippen LogP contribution in [0.3, 0.4) is 0 Å². The van der Waals surface area contributed by atoms with Gasteiger partial charge >= 0.3 is 6.03 Å². The molecule has 0 aliphatic rings. The Hall–Kier alpha value is -1.26. The highest BCUT2D eigenvalue weighted by atomic mass is 16.2. The molecule has 0 spiro atoms. The highest BCUT2D eigenvalue weighted by molar-refractivity contribution is 5.90. The highest BCUT2D eigenvalue weighted by Crippen LogP contribution is 2.13. The minimum absolute atomic E-state index is 0.190. The van der Waals surface area contributed by atoms with Crippen LogP contribution >= 0.6 is 0 Å². The molecule has 0 aromatic carbocycles. The van der Waals surface area contributed by atoms with Crippen molar-refractivity contribution in [2.24, 2.45) is 16.5 Å². The van der Waals surface area contributed by atoms with Gasteiger partial charge in [0.25, 0.3) is 0 Å². The first-order valence-electron chi connectivity index (χ1n) is 10.5. The topological polar surface area (TPSA) is 93.5 Å². The number of nitrogens with one attached hydrogen (secondary N) is 1. The Labute approximate surface area is 155 Å². The van der Waals surface area contributed by atoms with Crippen molar-refractivity contribution in [3.05, 3.63) is 0 Å². The summed E-state index contributed by atoms with van der Waals surface area (Å²) in [6.45, 7) is 2.92. The highest BCUT2D eigenvalue weighted by Gasteiger charge is 1.97. The average molecular weight is 355 g/mol. The number of aliphatic imine (C=N–C) groups is 1. The fourth-order valence-electron chi connectivity index (χ4n) is 3.03. The molecule has 0 aliphatic carbocycles. The summed E-state index contributed by atoms with van der Waals surface area (Å²) in [7, 11) is 0. The zero-order valence-corrected chi connectivity index (χ0v) is 16.5. The zero-order chi connectivity index (χ0) is 18.6. The number of amides is 2. The lowest BCUT2D eigenvalue weighted by molar-refractivity contribution is 0.249. The second-order valence-electron chi connectivity index (χ2n) is 7.07. The van der Waals surface area contributed by atoms with Gasteiger partial charge in [-0.2, -0.15) is 4.99 Å². The van der Waals surface area contributed by atoms with Crippen molar-refractivity contribution < 1.29 is 4.79 Å². The van der Waals surface area contributed by atoms with Crippen molar-refractivity contribution in [3.8, 4) is 0 Å². The first kappa shape index (κ1) is 23.7. The number of urea groups is 1. The second-order valence-corrected chi connectivity index (χ2v) is 7.07. The molecule has 0 unspecified atom stereocenters. The first-order chi connectivity index (χ1) is 12.2. The third-order valence-corrected chi connectivity index (χ3v) is 4.54. The molecule has 0 aromatic heterocycles. The van der Waals surface area contributed by atoms with Gasteiger partial charge in [0.2, 0.25) is 0 Å². The molecule has 25 heavy (non-hydrogen) atoms. The van der Waals surface area contributed by atoms with Crippen molar-refractivity contribution in [3.63, 3.8) is 0 Å². The predicted octanol–water partition coefficient (Wildman–Crippen LogP) is 5.23. The van der Waals surface area contributed by atoms with E-state index in [1.54, 1.807) is 0 Å². The van der Waals surface area contributed by atoms with Crippen LogP contribution in [-0.4, -0.2) is 18.5 Å². The summed E-state index contributed by atoms with van der Waals surface area (Å²) in [5.41, 5.74) is 10.3. The standard InChI is InChI=1S/C20H42N4O/c1-2-3-4-5-6-7-8-9-10-11-12-13-14-15-16-17-18-23-20(25)24-19(21)22/h2-18H2,1H3,(H5,21,22,23,24,25). The summed E-state index contributed by atoms with van der Waals surface area (Å²) in [6.07, 6.45) is 21.6. The monoisotopic (exact) mass is 354 g/mol. The molecule has 0 atom stereocenters. The van der Waals surface area contributed by atoms with Gasteiger partial charge in [-0.3, -0.25) is 0 Å². The lowest BCUT2D eigenvalue weighted by Gasteiger charge is -2.04. The Kier molecular flexibility index (Phi) is 18.1. The van der Waals surface area contributed by atoms with Gasteiger partial charge in [-0.15, -0.1) is 0 Å². The minimum atomic E-state index is -0.444. The lowest BCUT2D eigenvalue weighted by atomic mass is 10.0. The minimum Gasteiger partial charge on any atom is -0.370 e. The van der Waals surface area contributed by atoms with Crippen LogP contribution in [0.25, 0.3) is 0 Å². The van der Waals surface area contributed by atoms with Gasteiger partial charge in [-0.25, -0.2) is 4.79 Å². The van der Waals surface area contributed by atoms with E-state index in [9.17, 15) is 4.79 Å². The Bertz CT molecular complexity index is 328. The van der Waals surface area contributed by atoms with Gasteiger partial charge in [0.05, 0.1) is 0 Å². The lowest BCUT2D eigenvalue weighted by Crippen LogP contribution is -2.29. The van der Waals surface area contributed by atoms with Crippen molar-refractivity contribution in [2.45, 2.75) is 110 Å². The van der Waals surface area contributed by atoms with Gasteiger partial charge < -0.3 is 16.8 Å². The number of carbonyl (C=O) groups is 1. The second kappa shape index (κ2) is 19.1. The maximum atomic E-state index is 11.2. The van der Waals surface area contributed by atoms with Crippen molar-refractivity contribution in [1.82, 2.24) is 5.32 Å². The molecule has 0 radical (unpaired) electrons. The molecule has 0 bridgehead atoms. The fourth-order valence-corrected chi connectivity index (χ4v) is 3.03. The number of hydrogen-bond acceptors (Lipinski definition) is 1. The number of nitrogens with zero attached hydrogens (tertiary/aromatic N) is 1. The molecule has 5 heteroatoms. The number of carbonyl (C=O) groups excluding carboxylic acids is 1. The van der Waals surface area contributed by atoms with Gasteiger partial charge in [-0.05, 0) is 6.42 Å². The van der Waals surface area contributed by atoms with Crippen LogP contribution < -0.4 is 16.8 Å². The van der Waals surface area contributed by atoms with Crippen molar-refractivity contribution in [1.29, 1.82) is 0 Å². The van der Waals surface area contributed by atoms with Crippen LogP contribution in [0.2, 0.25) is 0 Å². The SMILES string of the molecule is CCCCCCCCCCCCCCCCCCNC(=O)N=C(N)N. The number of rotatable bonds is 17. The molecule has 148 valence electrons. The summed E-state index contributed by atoms with van der Waals surface area (Å²) in [5.74, 6) is -0.190. The number of nitrogens with two attached hydrogens (primary N) is 2. The Morgan fingerprint density at radius 1 is 0.680 bits per heavy atom. The van der Waals surface area contributed by atoms with Crippen molar-refractivity contribution >= 4 is 12.0 Å². The molecule has 0 fully saturated rings. The van der Waals surface area contributed by atoms with Gasteiger partial charge in [-0.1, -0.05) is 103 Å². The van der Waals surface area contributed by atoms with Crippen LogP contribution in [0.4, 0.5) is 4.79 Å². The van der Waals surface area contributed by atoms with E-state index in [2.05, 4.69) is 17.2 Å². The van der Waals surface area contributed by atoms with Crippen LogP contribution in [0.15, 0.2) is 4.99 Å². The maximum absolute atomic E-state index is 11.2. The summed E-state index contributed by atoms with van der Waals surface area (Å²) >= 11 is 0. The third kappa shape index (κ3) is 20.7. The quantitative estimate of drug-likeness (QED) is 0.190. The van der Waals surface area contributed by atoms with E-state index >= 15 is 0 Å². The van der Waals surface area contributed by atoms with E-state index in [0.29, 0.717) is 6.54 Å². The van der Waals surface area contributed by atoms with E-state index in [0.717, 1.165) is 12.8 Å². The van der Waals surface area contributed by atoms with E-state index in [4.69, 9.17) is 11.5 Å². The fraction of sp³-hybridized carbons (Fsp3) is 0.900. The van der Waals surface area contributed by atoms with Gasteiger partial charge in [0, 0.05) is 6.54 Å². The largest absolute Gasteiger partial charge is 0.370 e. The average Bonchev–Trinajstić information content (AvgIpc) is 2.57. The van der Waals surface area contributed by atoms with Crippen LogP contribution in [0, 0.1) is 0 Å². The van der Waals surface area contributed by atoms with Crippen LogP contribution in [0.1, 0.15) is 110 Å². The zero-order valence-electron chi connectivity index (χ0n) is 16.5. The molecule has 0 aromatic rings. The molecule has 0 aliphatic heterocycles. The summed E-state index contributed by atoms with van der Waals surface area (Å²) in [6, 6.07) is -0.444. The molecule has 5 nitrogen and oxygen atoms in total. The number of hydrogen-bond donors (Lipinski definition) is 3. The van der Waals surface area contributed by atoms with Gasteiger partial charge in [0.1, 0.15) is 0 Å². The third-order valence-electron chi connectivity index (χ3n) is 4.54. The molecule has 2 amide bonds. The van der Waals surface area contributed by atoms with E-state index in [1.165, 1.54) is 89.9 Å². The molecule has 0 saturated heterocycles. The Morgan fingerprint density at radius 3 is 1.40 bits per heavy atom. The van der Waals surface area contributed by atoms with Gasteiger partial charge in [0.15, 0.2) is 5.96 Å². The Balaban J connectivity index is 3.10. The predicted molar refractivity (Wildman–Crippen MR) is 109 cm³/mol. The number of guanidine groups is 1. The number of unbranched alkanes of at least 4 members (excludes halogenated alkanes) is 15. The smallest absolute Gasteiger partial charge is 0.344 e. The Morgan fingerprint density at radius 2 is 1.04 bits per heavy atom. The first-order valence-corrected chi connectivity index (χ1v) is 10.5. The normalized spacial score (nSPS) is 10.6. The molecule has 0 saturated carbocycles. The molecule has 5 N–H and O–H groups in total. The molecule has 0 rings (SSSR count). The molecular formula is C20H42N4O. The molecule has 0 heterocycles.